The third-order valence-electron chi connectivity index (χ3n) is 0.930. The Balaban J connectivity index is 2.46. The van der Waals surface area contributed by atoms with E-state index in [1.54, 1.807) is 0 Å². The first-order valence-corrected chi connectivity index (χ1v) is 3.58. The number of nitrogens with one attached hydrogen (secondary N) is 1. The maximum absolute atomic E-state index is 10.6. The molecule has 1 fully saturated rings. The van der Waals surface area contributed by atoms with Gasteiger partial charge in [0.05, 0.1) is 6.54 Å². The molecule has 0 aromatic carbocycles. The number of carbonyl (C=O) groups is 1. The Morgan fingerprint density at radius 2 is 2.50 bits per heavy atom. The van der Waals surface area contributed by atoms with Gasteiger partial charge < -0.3 is 11.5 Å². The molecule has 0 aromatic heterocycles. The highest BCUT2D eigenvalue weighted by Gasteiger charge is 2.20. The Morgan fingerprint density at radius 1 is 1.80 bits per heavy atom. The predicted octanol–water partition coefficient (Wildman–Crippen LogP) is -1.59. The van der Waals surface area contributed by atoms with Crippen LogP contribution in [0.5, 0.6) is 0 Å². The number of thioether (sulfide) groups is 1. The Labute approximate surface area is 62.2 Å². The number of hydrogen-bond donors (Lipinski definition) is 3. The van der Waals surface area contributed by atoms with Crippen LogP contribution in [0.3, 0.4) is 0 Å². The van der Waals surface area contributed by atoms with E-state index in [-0.39, 0.29) is 16.6 Å². The van der Waals surface area contributed by atoms with Gasteiger partial charge in [-0.1, -0.05) is 0 Å². The summed E-state index contributed by atoms with van der Waals surface area (Å²) in [6.07, 6.45) is 0. The van der Waals surface area contributed by atoms with Gasteiger partial charge in [-0.2, -0.15) is 0 Å². The second kappa shape index (κ2) is 2.89. The van der Waals surface area contributed by atoms with Crippen molar-refractivity contribution in [1.82, 2.24) is 5.32 Å². The molecule has 0 saturated carbocycles. The molecule has 1 rings (SSSR count). The van der Waals surface area contributed by atoms with E-state index in [0.29, 0.717) is 6.54 Å². The lowest BCUT2D eigenvalue weighted by molar-refractivity contribution is -0.109. The molecule has 0 bridgehead atoms. The first-order valence-electron chi connectivity index (χ1n) is 2.70. The van der Waals surface area contributed by atoms with Crippen LogP contribution in [-0.4, -0.2) is 23.1 Å². The van der Waals surface area contributed by atoms with Gasteiger partial charge in [-0.25, -0.2) is 4.99 Å². The zero-order valence-electron chi connectivity index (χ0n) is 5.20. The van der Waals surface area contributed by atoms with Crippen molar-refractivity contribution in [3.63, 3.8) is 0 Å². The highest BCUT2D eigenvalue weighted by molar-refractivity contribution is 8.14. The van der Waals surface area contributed by atoms with E-state index in [1.807, 2.05) is 0 Å². The molecule has 1 saturated heterocycles. The second-order valence-electron chi connectivity index (χ2n) is 1.78. The zero-order valence-corrected chi connectivity index (χ0v) is 6.02. The molecule has 1 heterocycles. The van der Waals surface area contributed by atoms with E-state index < -0.39 is 0 Å². The summed E-state index contributed by atoms with van der Waals surface area (Å²) < 4.78 is 0. The van der Waals surface area contributed by atoms with Crippen LogP contribution in [0, 0.1) is 0 Å². The van der Waals surface area contributed by atoms with Crippen molar-refractivity contribution in [3.8, 4) is 0 Å². The Kier molecular flexibility index (Phi) is 2.13. The van der Waals surface area contributed by atoms with E-state index in [0.717, 1.165) is 11.8 Å². The van der Waals surface area contributed by atoms with Gasteiger partial charge in [-0.05, 0) is 11.8 Å². The molecule has 10 heavy (non-hydrogen) atoms. The standard InChI is InChI=1S/C4H8N4OS/c5-3(6)8-4-7-1-2(9)10-4/h4,7H,1H2,(H4,5,6,8)/t4-/m0/s1. The first kappa shape index (κ1) is 7.36. The summed E-state index contributed by atoms with van der Waals surface area (Å²) in [5.74, 6) is -0.000278. The number of hydrogen-bond acceptors (Lipinski definition) is 4. The van der Waals surface area contributed by atoms with Gasteiger partial charge in [0.25, 0.3) is 0 Å². The Hall–Kier alpha value is -0.750. The van der Waals surface area contributed by atoms with Crippen LogP contribution in [0.1, 0.15) is 0 Å². The SMILES string of the molecule is NC(N)=N[C@@H]1NCC(=O)S1. The lowest BCUT2D eigenvalue weighted by Gasteiger charge is -1.99. The van der Waals surface area contributed by atoms with Crippen molar-refractivity contribution in [2.24, 2.45) is 16.5 Å². The van der Waals surface area contributed by atoms with Gasteiger partial charge in [-0.3, -0.25) is 10.1 Å². The van der Waals surface area contributed by atoms with Crippen molar-refractivity contribution in [3.05, 3.63) is 0 Å². The number of aliphatic imine (C=N–C) groups is 1. The van der Waals surface area contributed by atoms with E-state index in [9.17, 15) is 4.79 Å². The van der Waals surface area contributed by atoms with E-state index in [4.69, 9.17) is 11.5 Å². The Bertz CT molecular complexity index is 176. The largest absolute Gasteiger partial charge is 0.370 e. The third-order valence-corrected chi connectivity index (χ3v) is 1.83. The van der Waals surface area contributed by atoms with E-state index in [2.05, 4.69) is 10.3 Å². The van der Waals surface area contributed by atoms with Gasteiger partial charge in [0.1, 0.15) is 0 Å². The van der Waals surface area contributed by atoms with Crippen LogP contribution in [0.25, 0.3) is 0 Å². The summed E-state index contributed by atoms with van der Waals surface area (Å²) in [4.78, 5) is 14.3. The van der Waals surface area contributed by atoms with Crippen LogP contribution >= 0.6 is 11.8 Å². The minimum atomic E-state index is -0.280. The normalized spacial score (nSPS) is 24.8. The van der Waals surface area contributed by atoms with Crippen molar-refractivity contribution in [2.45, 2.75) is 5.50 Å². The molecule has 0 radical (unpaired) electrons. The van der Waals surface area contributed by atoms with Crippen LogP contribution in [0.4, 0.5) is 0 Å². The smallest absolute Gasteiger partial charge is 0.206 e. The lowest BCUT2D eigenvalue weighted by atomic mass is 10.7. The molecule has 5 N–H and O–H groups in total. The molecule has 0 amide bonds. The topological polar surface area (TPSA) is 93.5 Å². The molecule has 1 aliphatic heterocycles. The number of rotatable bonds is 1. The predicted molar refractivity (Wildman–Crippen MR) is 40.2 cm³/mol. The molecule has 6 heteroatoms. The summed E-state index contributed by atoms with van der Waals surface area (Å²) in [5, 5.41) is 2.87. The highest BCUT2D eigenvalue weighted by atomic mass is 32.2. The van der Waals surface area contributed by atoms with Gasteiger partial charge in [0.15, 0.2) is 11.5 Å². The fourth-order valence-corrected chi connectivity index (χ4v) is 1.34. The van der Waals surface area contributed by atoms with Crippen LogP contribution < -0.4 is 16.8 Å². The maximum atomic E-state index is 10.6. The summed E-state index contributed by atoms with van der Waals surface area (Å²) in [7, 11) is 0. The van der Waals surface area contributed by atoms with Crippen molar-refractivity contribution in [1.29, 1.82) is 0 Å². The summed E-state index contributed by atoms with van der Waals surface area (Å²) in [6, 6.07) is 0. The lowest BCUT2D eigenvalue weighted by Crippen LogP contribution is -2.28. The molecule has 0 aromatic rings. The molecule has 56 valence electrons. The highest BCUT2D eigenvalue weighted by Crippen LogP contribution is 2.15. The average Bonchev–Trinajstić information content (AvgIpc) is 2.13. The van der Waals surface area contributed by atoms with Crippen LogP contribution in [0.15, 0.2) is 4.99 Å². The maximum Gasteiger partial charge on any atom is 0.206 e. The van der Waals surface area contributed by atoms with Crippen molar-refractivity contribution in [2.75, 3.05) is 6.54 Å². The quantitative estimate of drug-likeness (QED) is 0.317. The molecule has 0 unspecified atom stereocenters. The molecule has 0 spiro atoms. The average molecular weight is 160 g/mol. The molecular weight excluding hydrogens is 152 g/mol. The number of nitrogens with zero attached hydrogens (tertiary/aromatic N) is 1. The van der Waals surface area contributed by atoms with Crippen molar-refractivity contribution >= 4 is 22.8 Å². The minimum Gasteiger partial charge on any atom is -0.370 e. The second-order valence-corrected chi connectivity index (χ2v) is 2.91. The summed E-state index contributed by atoms with van der Waals surface area (Å²) in [6.45, 7) is 0.339. The van der Waals surface area contributed by atoms with Crippen molar-refractivity contribution < 1.29 is 4.79 Å². The monoisotopic (exact) mass is 160 g/mol. The zero-order chi connectivity index (χ0) is 7.56. The van der Waals surface area contributed by atoms with Gasteiger partial charge >= 0.3 is 0 Å². The van der Waals surface area contributed by atoms with Gasteiger partial charge in [-0.15, -0.1) is 0 Å². The van der Waals surface area contributed by atoms with E-state index >= 15 is 0 Å². The molecular formula is C4H8N4OS. The summed E-state index contributed by atoms with van der Waals surface area (Å²) >= 11 is 1.10. The minimum absolute atomic E-state index is 0.000278. The third kappa shape index (κ3) is 1.89. The molecule has 0 aliphatic carbocycles. The Morgan fingerprint density at radius 3 is 2.90 bits per heavy atom. The number of nitrogens with two attached hydrogens (primary N) is 2. The molecule has 1 aliphatic rings. The number of carbonyl (C=O) groups excluding carboxylic acids is 1. The van der Waals surface area contributed by atoms with Crippen LogP contribution in [0.2, 0.25) is 0 Å². The first-order chi connectivity index (χ1) is 4.68. The number of guanidine groups is 1. The molecule has 5 nitrogen and oxygen atoms in total. The van der Waals surface area contributed by atoms with Gasteiger partial charge in [0.2, 0.25) is 5.12 Å². The van der Waals surface area contributed by atoms with E-state index in [1.165, 1.54) is 0 Å². The summed E-state index contributed by atoms with van der Waals surface area (Å²) in [5.41, 5.74) is 9.88. The van der Waals surface area contributed by atoms with Gasteiger partial charge in [0, 0.05) is 0 Å². The fraction of sp³-hybridized carbons (Fsp3) is 0.500. The van der Waals surface area contributed by atoms with Crippen LogP contribution in [-0.2, 0) is 4.79 Å². The molecule has 1 atom stereocenters. The fourth-order valence-electron chi connectivity index (χ4n) is 0.586.